The van der Waals surface area contributed by atoms with Gasteiger partial charge in [-0.15, -0.1) is 0 Å². The Morgan fingerprint density at radius 2 is 2.19 bits per heavy atom. The van der Waals surface area contributed by atoms with Gasteiger partial charge in [0.2, 0.25) is 21.8 Å². The molecular formula is C12H22N4O4S. The van der Waals surface area contributed by atoms with Gasteiger partial charge in [-0.25, -0.2) is 13.1 Å². The second kappa shape index (κ2) is 6.71. The average Bonchev–Trinajstić information content (AvgIpc) is 2.39. The van der Waals surface area contributed by atoms with Crippen LogP contribution in [-0.4, -0.2) is 81.6 Å². The van der Waals surface area contributed by atoms with Crippen LogP contribution < -0.4 is 10.0 Å². The number of sulfonamides is 1. The van der Waals surface area contributed by atoms with Gasteiger partial charge in [0.25, 0.3) is 0 Å². The lowest BCUT2D eigenvalue weighted by molar-refractivity contribution is -0.141. The maximum Gasteiger partial charge on any atom is 0.242 e. The number of hydrogen-bond donors (Lipinski definition) is 2. The first-order chi connectivity index (χ1) is 9.85. The molecule has 0 aliphatic carbocycles. The Morgan fingerprint density at radius 1 is 1.43 bits per heavy atom. The van der Waals surface area contributed by atoms with Crippen molar-refractivity contribution in [3.8, 4) is 0 Å². The Balaban J connectivity index is 1.88. The first kappa shape index (κ1) is 16.2. The van der Waals surface area contributed by atoms with Crippen molar-refractivity contribution in [3.05, 3.63) is 0 Å². The van der Waals surface area contributed by atoms with Gasteiger partial charge >= 0.3 is 0 Å². The highest BCUT2D eigenvalue weighted by Crippen LogP contribution is 2.11. The van der Waals surface area contributed by atoms with Crippen LogP contribution in [0.15, 0.2) is 0 Å². The lowest BCUT2D eigenvalue weighted by atomic mass is 10.1. The van der Waals surface area contributed by atoms with E-state index in [-0.39, 0.29) is 30.9 Å². The van der Waals surface area contributed by atoms with Gasteiger partial charge in [0.15, 0.2) is 0 Å². The van der Waals surface area contributed by atoms with E-state index in [0.717, 1.165) is 19.1 Å². The molecule has 0 aromatic rings. The molecule has 2 heterocycles. The van der Waals surface area contributed by atoms with E-state index in [9.17, 15) is 18.0 Å². The van der Waals surface area contributed by atoms with E-state index in [1.807, 2.05) is 0 Å². The fraction of sp³-hybridized carbons (Fsp3) is 0.833. The van der Waals surface area contributed by atoms with Crippen molar-refractivity contribution in [1.82, 2.24) is 19.8 Å². The lowest BCUT2D eigenvalue weighted by Crippen LogP contribution is -2.55. The number of rotatable bonds is 4. The average molecular weight is 318 g/mol. The van der Waals surface area contributed by atoms with Crippen molar-refractivity contribution in [1.29, 1.82) is 0 Å². The van der Waals surface area contributed by atoms with Gasteiger partial charge in [-0.2, -0.15) is 0 Å². The SMILES string of the molecule is CS(=O)(=O)NC1CCCN(C(=O)CN2CCNCC2=O)C1. The minimum atomic E-state index is -3.27. The third-order valence-corrected chi connectivity index (χ3v) is 4.43. The number of hydrogen-bond acceptors (Lipinski definition) is 5. The second-order valence-corrected chi connectivity index (χ2v) is 7.34. The zero-order valence-electron chi connectivity index (χ0n) is 12.2. The molecule has 0 spiro atoms. The Labute approximate surface area is 124 Å². The van der Waals surface area contributed by atoms with Crippen LogP contribution in [-0.2, 0) is 19.6 Å². The number of nitrogens with zero attached hydrogens (tertiary/aromatic N) is 2. The number of amides is 2. The molecule has 2 amide bonds. The summed E-state index contributed by atoms with van der Waals surface area (Å²) in [5.41, 5.74) is 0. The second-order valence-electron chi connectivity index (χ2n) is 5.56. The number of carbonyl (C=O) groups excluding carboxylic acids is 2. The van der Waals surface area contributed by atoms with Gasteiger partial charge in [0.05, 0.1) is 19.3 Å². The number of likely N-dealkylation sites (tertiary alicyclic amines) is 1. The van der Waals surface area contributed by atoms with E-state index in [0.29, 0.717) is 26.2 Å². The largest absolute Gasteiger partial charge is 0.340 e. The summed E-state index contributed by atoms with van der Waals surface area (Å²) in [5.74, 6) is -0.192. The maximum atomic E-state index is 12.3. The quantitative estimate of drug-likeness (QED) is 0.622. The molecule has 2 aliphatic heterocycles. The third kappa shape index (κ3) is 4.94. The van der Waals surface area contributed by atoms with Crippen molar-refractivity contribution >= 4 is 21.8 Å². The van der Waals surface area contributed by atoms with Crippen molar-refractivity contribution < 1.29 is 18.0 Å². The summed E-state index contributed by atoms with van der Waals surface area (Å²) >= 11 is 0. The molecule has 1 atom stereocenters. The van der Waals surface area contributed by atoms with E-state index in [1.165, 1.54) is 0 Å². The Kier molecular flexibility index (Phi) is 5.17. The summed E-state index contributed by atoms with van der Waals surface area (Å²) in [6.45, 7) is 2.55. The van der Waals surface area contributed by atoms with E-state index in [4.69, 9.17) is 0 Å². The molecule has 120 valence electrons. The zero-order chi connectivity index (χ0) is 15.5. The highest BCUT2D eigenvalue weighted by molar-refractivity contribution is 7.88. The normalized spacial score (nSPS) is 24.2. The third-order valence-electron chi connectivity index (χ3n) is 3.67. The predicted octanol–water partition coefficient (Wildman–Crippen LogP) is -2.04. The van der Waals surface area contributed by atoms with Crippen LogP contribution in [0, 0.1) is 0 Å². The van der Waals surface area contributed by atoms with Gasteiger partial charge in [-0.1, -0.05) is 0 Å². The molecule has 0 aromatic heterocycles. The van der Waals surface area contributed by atoms with Gasteiger partial charge in [-0.3, -0.25) is 9.59 Å². The molecule has 21 heavy (non-hydrogen) atoms. The number of carbonyl (C=O) groups is 2. The number of piperazine rings is 1. The molecule has 0 bridgehead atoms. The fourth-order valence-electron chi connectivity index (χ4n) is 2.68. The molecule has 2 aliphatic rings. The topological polar surface area (TPSA) is 98.8 Å². The molecule has 2 N–H and O–H groups in total. The van der Waals surface area contributed by atoms with Crippen molar-refractivity contribution in [2.24, 2.45) is 0 Å². The monoisotopic (exact) mass is 318 g/mol. The highest BCUT2D eigenvalue weighted by Gasteiger charge is 2.28. The maximum absolute atomic E-state index is 12.3. The molecule has 1 unspecified atom stereocenters. The van der Waals surface area contributed by atoms with Crippen LogP contribution in [0.5, 0.6) is 0 Å². The predicted molar refractivity (Wildman–Crippen MR) is 77.0 cm³/mol. The molecular weight excluding hydrogens is 296 g/mol. The Bertz CT molecular complexity index is 507. The zero-order valence-corrected chi connectivity index (χ0v) is 13.0. The van der Waals surface area contributed by atoms with Crippen LogP contribution >= 0.6 is 0 Å². The number of nitrogens with one attached hydrogen (secondary N) is 2. The fourth-order valence-corrected chi connectivity index (χ4v) is 3.48. The van der Waals surface area contributed by atoms with Crippen LogP contribution in [0.2, 0.25) is 0 Å². The Morgan fingerprint density at radius 3 is 2.86 bits per heavy atom. The molecule has 0 aromatic carbocycles. The molecule has 2 fully saturated rings. The molecule has 9 heteroatoms. The van der Waals surface area contributed by atoms with E-state index < -0.39 is 10.0 Å². The Hall–Kier alpha value is -1.19. The highest BCUT2D eigenvalue weighted by atomic mass is 32.2. The first-order valence-corrected chi connectivity index (χ1v) is 8.98. The van der Waals surface area contributed by atoms with E-state index >= 15 is 0 Å². The first-order valence-electron chi connectivity index (χ1n) is 7.09. The minimum Gasteiger partial charge on any atom is -0.340 e. The summed E-state index contributed by atoms with van der Waals surface area (Å²) in [5, 5.41) is 2.96. The summed E-state index contributed by atoms with van der Waals surface area (Å²) < 4.78 is 25.1. The number of piperidine rings is 1. The standard InChI is InChI=1S/C12H22N4O4S/c1-21(19,20)14-10-3-2-5-15(8-10)12(18)9-16-6-4-13-7-11(16)17/h10,13-14H,2-9H2,1H3. The van der Waals surface area contributed by atoms with Crippen LogP contribution in [0.3, 0.4) is 0 Å². The molecule has 2 saturated heterocycles. The summed E-state index contributed by atoms with van der Waals surface area (Å²) in [7, 11) is -3.27. The van der Waals surface area contributed by atoms with Gasteiger partial charge in [-0.05, 0) is 12.8 Å². The van der Waals surface area contributed by atoms with Gasteiger partial charge in [0, 0.05) is 32.2 Å². The van der Waals surface area contributed by atoms with Crippen molar-refractivity contribution in [2.75, 3.05) is 45.5 Å². The van der Waals surface area contributed by atoms with Gasteiger partial charge < -0.3 is 15.1 Å². The van der Waals surface area contributed by atoms with Crippen LogP contribution in [0.25, 0.3) is 0 Å². The van der Waals surface area contributed by atoms with E-state index in [2.05, 4.69) is 10.0 Å². The lowest BCUT2D eigenvalue weighted by Gasteiger charge is -2.35. The molecule has 0 saturated carbocycles. The van der Waals surface area contributed by atoms with E-state index in [1.54, 1.807) is 9.80 Å². The van der Waals surface area contributed by atoms with Crippen LogP contribution in [0.4, 0.5) is 0 Å². The minimum absolute atomic E-state index is 0.0718. The molecule has 0 radical (unpaired) electrons. The summed E-state index contributed by atoms with van der Waals surface area (Å²) in [6.07, 6.45) is 2.60. The molecule has 2 rings (SSSR count). The summed E-state index contributed by atoms with van der Waals surface area (Å²) in [4.78, 5) is 27.1. The van der Waals surface area contributed by atoms with Gasteiger partial charge in [0.1, 0.15) is 0 Å². The van der Waals surface area contributed by atoms with Crippen molar-refractivity contribution in [2.45, 2.75) is 18.9 Å². The van der Waals surface area contributed by atoms with Crippen LogP contribution in [0.1, 0.15) is 12.8 Å². The van der Waals surface area contributed by atoms with Crippen molar-refractivity contribution in [3.63, 3.8) is 0 Å². The molecule has 8 nitrogen and oxygen atoms in total. The summed E-state index contributed by atoms with van der Waals surface area (Å²) in [6, 6.07) is -0.239. The smallest absolute Gasteiger partial charge is 0.242 e.